The molecular weight excluding hydrogens is 192 g/mol. The molecule has 0 amide bonds. The minimum atomic E-state index is -0.419. The summed E-state index contributed by atoms with van der Waals surface area (Å²) in [7, 11) is 0. The van der Waals surface area contributed by atoms with Gasteiger partial charge in [0, 0.05) is 12.4 Å². The van der Waals surface area contributed by atoms with Gasteiger partial charge in [-0.2, -0.15) is 0 Å². The molecule has 0 unspecified atom stereocenters. The lowest BCUT2D eigenvalue weighted by Crippen LogP contribution is -2.12. The van der Waals surface area contributed by atoms with E-state index in [0.29, 0.717) is 0 Å². The monoisotopic (exact) mass is 202 g/mol. The topological polar surface area (TPSA) is 44.1 Å². The highest BCUT2D eigenvalue weighted by Gasteiger charge is 2.08. The van der Waals surface area contributed by atoms with Crippen LogP contribution in [0.4, 0.5) is 4.79 Å². The van der Waals surface area contributed by atoms with Crippen LogP contribution in [0.1, 0.15) is 0 Å². The third kappa shape index (κ3) is 1.74. The number of ether oxygens (including phenoxy) is 1. The van der Waals surface area contributed by atoms with Crippen molar-refractivity contribution in [3.8, 4) is 0 Å². The van der Waals surface area contributed by atoms with Crippen LogP contribution in [-0.4, -0.2) is 22.3 Å². The van der Waals surface area contributed by atoms with Gasteiger partial charge in [-0.25, -0.2) is 4.79 Å². The van der Waals surface area contributed by atoms with Crippen LogP contribution in [0.25, 0.3) is 11.0 Å². The molecule has 0 fully saturated rings. The molecule has 2 aromatic rings. The molecule has 0 aliphatic carbocycles. The molecule has 2 rings (SSSR count). The summed E-state index contributed by atoms with van der Waals surface area (Å²) < 4.78 is 6.34. The van der Waals surface area contributed by atoms with Gasteiger partial charge in [0.15, 0.2) is 0 Å². The van der Waals surface area contributed by atoms with Crippen LogP contribution in [0.15, 0.2) is 43.2 Å². The number of hydrogen-bond donors (Lipinski definition) is 0. The van der Waals surface area contributed by atoms with E-state index in [1.165, 1.54) is 10.6 Å². The van der Waals surface area contributed by atoms with Crippen molar-refractivity contribution >= 4 is 17.1 Å². The van der Waals surface area contributed by atoms with Gasteiger partial charge < -0.3 is 4.74 Å². The fraction of sp³-hybridized carbons (Fsp3) is 0.0909. The van der Waals surface area contributed by atoms with E-state index in [9.17, 15) is 4.79 Å². The van der Waals surface area contributed by atoms with Crippen LogP contribution in [0.2, 0.25) is 0 Å². The highest BCUT2D eigenvalue weighted by molar-refractivity contribution is 5.86. The van der Waals surface area contributed by atoms with Crippen molar-refractivity contribution in [1.29, 1.82) is 0 Å². The van der Waals surface area contributed by atoms with Gasteiger partial charge in [-0.1, -0.05) is 12.7 Å². The summed E-state index contributed by atoms with van der Waals surface area (Å²) in [6, 6.07) is 5.36. The molecule has 0 radical (unpaired) electrons. The first-order chi connectivity index (χ1) is 7.33. The molecule has 0 aromatic carbocycles. The van der Waals surface area contributed by atoms with E-state index in [4.69, 9.17) is 4.74 Å². The Hall–Kier alpha value is -2.10. The van der Waals surface area contributed by atoms with E-state index >= 15 is 0 Å². The first kappa shape index (κ1) is 9.45. The highest BCUT2D eigenvalue weighted by atomic mass is 16.5. The summed E-state index contributed by atoms with van der Waals surface area (Å²) >= 11 is 0. The van der Waals surface area contributed by atoms with E-state index in [0.717, 1.165) is 11.0 Å². The zero-order valence-electron chi connectivity index (χ0n) is 8.09. The number of fused-ring (bicyclic) bond motifs is 1. The molecule has 0 N–H and O–H groups in total. The van der Waals surface area contributed by atoms with Gasteiger partial charge in [-0.05, 0) is 18.2 Å². The lowest BCUT2D eigenvalue weighted by molar-refractivity contribution is 0.161. The summed E-state index contributed by atoms with van der Waals surface area (Å²) in [4.78, 5) is 15.7. The lowest BCUT2D eigenvalue weighted by Gasteiger charge is -2.03. The van der Waals surface area contributed by atoms with Crippen LogP contribution >= 0.6 is 0 Å². The number of nitrogens with zero attached hydrogens (tertiary/aromatic N) is 2. The summed E-state index contributed by atoms with van der Waals surface area (Å²) in [5.41, 5.74) is 1.51. The van der Waals surface area contributed by atoms with Crippen LogP contribution in [0, 0.1) is 0 Å². The summed E-state index contributed by atoms with van der Waals surface area (Å²) in [5.74, 6) is 0. The molecule has 4 nitrogen and oxygen atoms in total. The Bertz CT molecular complexity index is 502. The SMILES string of the molecule is C=CCOC(=O)n1ccc2ncccc21. The van der Waals surface area contributed by atoms with Crippen molar-refractivity contribution in [2.75, 3.05) is 6.61 Å². The number of aromatic nitrogens is 2. The molecule has 0 aliphatic heterocycles. The molecule has 15 heavy (non-hydrogen) atoms. The normalized spacial score (nSPS) is 10.1. The van der Waals surface area contributed by atoms with Crippen molar-refractivity contribution in [3.05, 3.63) is 43.2 Å². The molecular formula is C11H10N2O2. The van der Waals surface area contributed by atoms with Gasteiger partial charge in [-0.15, -0.1) is 0 Å². The third-order valence-electron chi connectivity index (χ3n) is 1.98. The van der Waals surface area contributed by atoms with Crippen LogP contribution < -0.4 is 0 Å². The predicted octanol–water partition coefficient (Wildman–Crippen LogP) is 2.21. The standard InChI is InChI=1S/C11H10N2O2/c1-2-8-15-11(14)13-7-5-9-10(13)4-3-6-12-9/h2-7H,1,8H2. The van der Waals surface area contributed by atoms with E-state index in [1.807, 2.05) is 6.07 Å². The minimum absolute atomic E-state index is 0.207. The summed E-state index contributed by atoms with van der Waals surface area (Å²) in [6.45, 7) is 3.68. The molecule has 4 heteroatoms. The zero-order valence-corrected chi connectivity index (χ0v) is 8.09. The fourth-order valence-corrected chi connectivity index (χ4v) is 1.33. The Morgan fingerprint density at radius 2 is 2.47 bits per heavy atom. The molecule has 0 saturated carbocycles. The largest absolute Gasteiger partial charge is 0.445 e. The second-order valence-electron chi connectivity index (χ2n) is 2.96. The minimum Gasteiger partial charge on any atom is -0.445 e. The maximum atomic E-state index is 11.5. The highest BCUT2D eigenvalue weighted by Crippen LogP contribution is 2.12. The maximum Gasteiger partial charge on any atom is 0.418 e. The molecule has 2 aromatic heterocycles. The molecule has 76 valence electrons. The first-order valence-corrected chi connectivity index (χ1v) is 4.53. The molecule has 0 aliphatic rings. The molecule has 2 heterocycles. The Morgan fingerprint density at radius 3 is 3.27 bits per heavy atom. The molecule has 0 bridgehead atoms. The number of carbonyl (C=O) groups is 1. The smallest absolute Gasteiger partial charge is 0.418 e. The number of pyridine rings is 1. The van der Waals surface area contributed by atoms with Gasteiger partial charge in [0.1, 0.15) is 6.61 Å². The van der Waals surface area contributed by atoms with Gasteiger partial charge in [0.2, 0.25) is 0 Å². The Labute approximate surface area is 86.8 Å². The zero-order chi connectivity index (χ0) is 10.7. The number of rotatable bonds is 2. The van der Waals surface area contributed by atoms with Crippen molar-refractivity contribution in [2.45, 2.75) is 0 Å². The quantitative estimate of drug-likeness (QED) is 0.701. The van der Waals surface area contributed by atoms with E-state index in [2.05, 4.69) is 11.6 Å². The number of carbonyl (C=O) groups excluding carboxylic acids is 1. The number of hydrogen-bond acceptors (Lipinski definition) is 3. The maximum absolute atomic E-state index is 11.5. The van der Waals surface area contributed by atoms with Crippen molar-refractivity contribution in [1.82, 2.24) is 9.55 Å². The summed E-state index contributed by atoms with van der Waals surface area (Å²) in [5, 5.41) is 0. The molecule has 0 atom stereocenters. The van der Waals surface area contributed by atoms with Crippen molar-refractivity contribution < 1.29 is 9.53 Å². The molecule has 0 saturated heterocycles. The second kappa shape index (κ2) is 3.96. The van der Waals surface area contributed by atoms with Crippen molar-refractivity contribution in [3.63, 3.8) is 0 Å². The van der Waals surface area contributed by atoms with Gasteiger partial charge in [0.05, 0.1) is 11.0 Å². The van der Waals surface area contributed by atoms with Crippen LogP contribution in [0.5, 0.6) is 0 Å². The fourth-order valence-electron chi connectivity index (χ4n) is 1.33. The van der Waals surface area contributed by atoms with Crippen LogP contribution in [0.3, 0.4) is 0 Å². The Balaban J connectivity index is 2.35. The average Bonchev–Trinajstić information content (AvgIpc) is 2.69. The summed E-state index contributed by atoms with van der Waals surface area (Å²) in [6.07, 6.45) is 4.44. The Kier molecular flexibility index (Phi) is 2.49. The van der Waals surface area contributed by atoms with E-state index < -0.39 is 6.09 Å². The van der Waals surface area contributed by atoms with Gasteiger partial charge in [-0.3, -0.25) is 9.55 Å². The Morgan fingerprint density at radius 1 is 1.60 bits per heavy atom. The lowest BCUT2D eigenvalue weighted by atomic mass is 10.4. The third-order valence-corrected chi connectivity index (χ3v) is 1.98. The van der Waals surface area contributed by atoms with Crippen LogP contribution in [-0.2, 0) is 4.74 Å². The molecule has 0 spiro atoms. The van der Waals surface area contributed by atoms with Gasteiger partial charge >= 0.3 is 6.09 Å². The second-order valence-corrected chi connectivity index (χ2v) is 2.96. The van der Waals surface area contributed by atoms with E-state index in [-0.39, 0.29) is 6.61 Å². The van der Waals surface area contributed by atoms with Gasteiger partial charge in [0.25, 0.3) is 0 Å². The first-order valence-electron chi connectivity index (χ1n) is 4.53. The average molecular weight is 202 g/mol. The van der Waals surface area contributed by atoms with E-state index in [1.54, 1.807) is 24.5 Å². The van der Waals surface area contributed by atoms with Crippen molar-refractivity contribution in [2.24, 2.45) is 0 Å². The predicted molar refractivity (Wildman–Crippen MR) is 56.7 cm³/mol.